The summed E-state index contributed by atoms with van der Waals surface area (Å²) in [5.74, 6) is 0.181. The van der Waals surface area contributed by atoms with Crippen LogP contribution in [0.25, 0.3) is 0 Å². The van der Waals surface area contributed by atoms with E-state index in [1.165, 1.54) is 0 Å². The molecule has 33 heavy (non-hydrogen) atoms. The Labute approximate surface area is 191 Å². The van der Waals surface area contributed by atoms with Gasteiger partial charge in [0, 0.05) is 24.7 Å². The topological polar surface area (TPSA) is 142 Å². The van der Waals surface area contributed by atoms with Gasteiger partial charge in [-0.15, -0.1) is 0 Å². The van der Waals surface area contributed by atoms with Crippen LogP contribution in [0.15, 0.2) is 24.3 Å². The van der Waals surface area contributed by atoms with Crippen LogP contribution in [0.5, 0.6) is 34.5 Å². The maximum atomic E-state index is 9.10. The van der Waals surface area contributed by atoms with Crippen molar-refractivity contribution in [1.82, 2.24) is 5.32 Å². The molecule has 0 aromatic heterocycles. The fourth-order valence-electron chi connectivity index (χ4n) is 2.81. The molecule has 11 nitrogen and oxygen atoms in total. The maximum absolute atomic E-state index is 9.10. The third kappa shape index (κ3) is 7.65. The molecule has 2 aromatic carbocycles. The second-order valence-corrected chi connectivity index (χ2v) is 6.27. The van der Waals surface area contributed by atoms with Crippen LogP contribution in [-0.4, -0.2) is 64.8 Å². The van der Waals surface area contributed by atoms with E-state index in [-0.39, 0.29) is 0 Å². The van der Waals surface area contributed by atoms with Crippen molar-refractivity contribution < 1.29 is 48.2 Å². The normalized spacial score (nSPS) is 9.76. The zero-order valence-corrected chi connectivity index (χ0v) is 19.4. The Hall–Kier alpha value is -3.86. The molecule has 11 heteroatoms. The van der Waals surface area contributed by atoms with Crippen molar-refractivity contribution in [2.45, 2.75) is 13.1 Å². The minimum Gasteiger partial charge on any atom is -0.496 e. The Morgan fingerprint density at radius 1 is 0.636 bits per heavy atom. The number of nitrogens with one attached hydrogen (secondary N) is 1. The molecule has 0 aliphatic rings. The Kier molecular flexibility index (Phi) is 11.1. The number of carboxylic acid groups (broad SMARTS) is 2. The van der Waals surface area contributed by atoms with Gasteiger partial charge in [0.2, 0.25) is 5.75 Å². The van der Waals surface area contributed by atoms with Crippen LogP contribution in [0, 0.1) is 0 Å². The van der Waals surface area contributed by atoms with Gasteiger partial charge in [-0.1, -0.05) is 0 Å². The van der Waals surface area contributed by atoms with Gasteiger partial charge in [0.1, 0.15) is 5.75 Å². The molecular weight excluding hydrogens is 438 g/mol. The lowest BCUT2D eigenvalue weighted by Gasteiger charge is -2.16. The first-order valence-corrected chi connectivity index (χ1v) is 9.50. The molecule has 0 radical (unpaired) electrons. The van der Waals surface area contributed by atoms with Crippen molar-refractivity contribution in [2.24, 2.45) is 0 Å². The zero-order chi connectivity index (χ0) is 25.0. The summed E-state index contributed by atoms with van der Waals surface area (Å²) in [7, 11) is 9.62. The number of methoxy groups -OCH3 is 6. The third-order valence-electron chi connectivity index (χ3n) is 4.34. The van der Waals surface area contributed by atoms with Crippen LogP contribution in [0.2, 0.25) is 0 Å². The Morgan fingerprint density at radius 3 is 1.48 bits per heavy atom. The van der Waals surface area contributed by atoms with Crippen molar-refractivity contribution in [1.29, 1.82) is 0 Å². The molecular formula is C22H29NO10. The van der Waals surface area contributed by atoms with E-state index >= 15 is 0 Å². The number of aliphatic carboxylic acids is 2. The Balaban J connectivity index is 0.000000801. The molecule has 0 saturated heterocycles. The van der Waals surface area contributed by atoms with E-state index in [4.69, 9.17) is 48.2 Å². The van der Waals surface area contributed by atoms with Crippen LogP contribution >= 0.6 is 0 Å². The van der Waals surface area contributed by atoms with Gasteiger partial charge >= 0.3 is 11.9 Å². The van der Waals surface area contributed by atoms with E-state index in [1.807, 2.05) is 24.3 Å². The SMILES string of the molecule is COc1cc(OC)c(OC)cc1CNCc1cc(OC)c(OC)c(OC)c1.O=C(O)C(=O)O. The van der Waals surface area contributed by atoms with Crippen molar-refractivity contribution in [3.8, 4) is 34.5 Å². The summed E-state index contributed by atoms with van der Waals surface area (Å²) in [6, 6.07) is 7.55. The minimum absolute atomic E-state index is 0.574. The molecule has 0 bridgehead atoms. The number of rotatable bonds is 10. The van der Waals surface area contributed by atoms with Gasteiger partial charge in [0.15, 0.2) is 23.0 Å². The van der Waals surface area contributed by atoms with Gasteiger partial charge in [-0.2, -0.15) is 0 Å². The fraction of sp³-hybridized carbons (Fsp3) is 0.364. The second-order valence-electron chi connectivity index (χ2n) is 6.27. The number of hydrogen-bond donors (Lipinski definition) is 3. The van der Waals surface area contributed by atoms with Crippen molar-refractivity contribution >= 4 is 11.9 Å². The van der Waals surface area contributed by atoms with Gasteiger partial charge in [0.25, 0.3) is 0 Å². The van der Waals surface area contributed by atoms with Gasteiger partial charge in [-0.3, -0.25) is 0 Å². The molecule has 2 aromatic rings. The predicted molar refractivity (Wildman–Crippen MR) is 118 cm³/mol. The Morgan fingerprint density at radius 2 is 1.09 bits per heavy atom. The summed E-state index contributed by atoms with van der Waals surface area (Å²) in [4.78, 5) is 18.2. The quantitative estimate of drug-likeness (QED) is 0.443. The van der Waals surface area contributed by atoms with Gasteiger partial charge in [0.05, 0.1) is 42.7 Å². The zero-order valence-electron chi connectivity index (χ0n) is 19.4. The van der Waals surface area contributed by atoms with E-state index in [2.05, 4.69) is 5.32 Å². The molecule has 3 N–H and O–H groups in total. The molecule has 182 valence electrons. The van der Waals surface area contributed by atoms with E-state index in [0.717, 1.165) is 16.9 Å². The van der Waals surface area contributed by atoms with Crippen LogP contribution in [-0.2, 0) is 22.7 Å². The molecule has 0 fully saturated rings. The predicted octanol–water partition coefficient (Wildman–Crippen LogP) is 2.18. The van der Waals surface area contributed by atoms with E-state index in [9.17, 15) is 0 Å². The average molecular weight is 467 g/mol. The summed E-state index contributed by atoms with van der Waals surface area (Å²) in [5, 5.41) is 18.2. The van der Waals surface area contributed by atoms with Crippen LogP contribution in [0.4, 0.5) is 0 Å². The maximum Gasteiger partial charge on any atom is 0.414 e. The molecule has 0 atom stereocenters. The smallest absolute Gasteiger partial charge is 0.414 e. The average Bonchev–Trinajstić information content (AvgIpc) is 2.82. The summed E-state index contributed by atoms with van der Waals surface area (Å²) in [6.07, 6.45) is 0. The van der Waals surface area contributed by atoms with Crippen LogP contribution in [0.3, 0.4) is 0 Å². The highest BCUT2D eigenvalue weighted by Crippen LogP contribution is 2.38. The van der Waals surface area contributed by atoms with Gasteiger partial charge < -0.3 is 44.0 Å². The summed E-state index contributed by atoms with van der Waals surface area (Å²) < 4.78 is 32.3. The van der Waals surface area contributed by atoms with Crippen LogP contribution in [0.1, 0.15) is 11.1 Å². The highest BCUT2D eigenvalue weighted by atomic mass is 16.5. The van der Waals surface area contributed by atoms with E-state index in [0.29, 0.717) is 41.8 Å². The lowest BCUT2D eigenvalue weighted by Crippen LogP contribution is -2.14. The molecule has 0 unspecified atom stereocenters. The van der Waals surface area contributed by atoms with Crippen molar-refractivity contribution in [2.75, 3.05) is 42.7 Å². The van der Waals surface area contributed by atoms with Crippen LogP contribution < -0.4 is 33.7 Å². The molecule has 0 spiro atoms. The second kappa shape index (κ2) is 13.5. The lowest BCUT2D eigenvalue weighted by molar-refractivity contribution is -0.159. The van der Waals surface area contributed by atoms with Gasteiger partial charge in [-0.05, 0) is 23.8 Å². The number of benzene rings is 2. The standard InChI is InChI=1S/C20H27NO6.C2H2O4/c1-22-15-10-17(24-3)16(23-2)9-14(15)12-21-11-13-7-18(25-4)20(27-6)19(8-13)26-5;3-1(4)2(5)6/h7-10,21H,11-12H2,1-6H3;(H,3,4)(H,5,6). The molecule has 0 aliphatic carbocycles. The summed E-state index contributed by atoms with van der Waals surface area (Å²) in [6.45, 7) is 1.19. The molecule has 0 heterocycles. The molecule has 0 aliphatic heterocycles. The van der Waals surface area contributed by atoms with E-state index in [1.54, 1.807) is 42.7 Å². The lowest BCUT2D eigenvalue weighted by atomic mass is 10.1. The highest BCUT2D eigenvalue weighted by molar-refractivity contribution is 6.27. The first-order chi connectivity index (χ1) is 15.8. The number of ether oxygens (including phenoxy) is 6. The molecule has 2 rings (SSSR count). The van der Waals surface area contributed by atoms with Crippen molar-refractivity contribution in [3.05, 3.63) is 35.4 Å². The highest BCUT2D eigenvalue weighted by Gasteiger charge is 2.14. The Bertz CT molecular complexity index is 908. The largest absolute Gasteiger partial charge is 0.496 e. The first kappa shape index (κ1) is 27.2. The summed E-state index contributed by atoms with van der Waals surface area (Å²) >= 11 is 0. The molecule has 0 saturated carbocycles. The monoisotopic (exact) mass is 467 g/mol. The fourth-order valence-corrected chi connectivity index (χ4v) is 2.81. The minimum atomic E-state index is -1.82. The van der Waals surface area contributed by atoms with Crippen molar-refractivity contribution in [3.63, 3.8) is 0 Å². The first-order valence-electron chi connectivity index (χ1n) is 9.50. The third-order valence-corrected chi connectivity index (χ3v) is 4.34. The van der Waals surface area contributed by atoms with Gasteiger partial charge in [-0.25, -0.2) is 9.59 Å². The number of carboxylic acids is 2. The molecule has 0 amide bonds. The number of hydrogen-bond acceptors (Lipinski definition) is 9. The summed E-state index contributed by atoms with van der Waals surface area (Å²) in [5.41, 5.74) is 1.96. The van der Waals surface area contributed by atoms with E-state index < -0.39 is 11.9 Å². The number of carbonyl (C=O) groups is 2.